The number of nitriles is 1. The summed E-state index contributed by atoms with van der Waals surface area (Å²) in [5.41, 5.74) is 0.312. The minimum absolute atomic E-state index is 0.0719. The maximum Gasteiger partial charge on any atom is 0.344 e. The van der Waals surface area contributed by atoms with E-state index >= 15 is 0 Å². The Morgan fingerprint density at radius 2 is 2.05 bits per heavy atom. The molecular weight excluding hydrogens is 260 g/mol. The van der Waals surface area contributed by atoms with Crippen molar-refractivity contribution in [3.63, 3.8) is 0 Å². The van der Waals surface area contributed by atoms with Gasteiger partial charge in [0.1, 0.15) is 11.8 Å². The standard InChI is InChI=1S/C14H12N2O4/c1-2-7-16-13(17)9-20-14(18)10-19-12-6-4-3-5-11(12)8-15/h1,3-6H,7,9-10H2,(H,16,17). The highest BCUT2D eigenvalue weighted by Crippen LogP contribution is 2.16. The van der Waals surface area contributed by atoms with Gasteiger partial charge < -0.3 is 14.8 Å². The lowest BCUT2D eigenvalue weighted by Crippen LogP contribution is -2.30. The summed E-state index contributed by atoms with van der Waals surface area (Å²) in [6.07, 6.45) is 4.95. The highest BCUT2D eigenvalue weighted by atomic mass is 16.6. The fourth-order valence-corrected chi connectivity index (χ4v) is 1.21. The number of benzene rings is 1. The molecule has 0 aliphatic heterocycles. The molecule has 0 bridgehead atoms. The summed E-state index contributed by atoms with van der Waals surface area (Å²) in [5, 5.41) is 11.2. The summed E-state index contributed by atoms with van der Waals surface area (Å²) < 4.78 is 9.81. The predicted molar refractivity (Wildman–Crippen MR) is 69.5 cm³/mol. The van der Waals surface area contributed by atoms with Gasteiger partial charge in [0.15, 0.2) is 13.2 Å². The molecule has 0 heterocycles. The molecule has 0 aliphatic rings. The van der Waals surface area contributed by atoms with Gasteiger partial charge >= 0.3 is 5.97 Å². The Kier molecular flexibility index (Phi) is 6.16. The Morgan fingerprint density at radius 1 is 1.30 bits per heavy atom. The first-order chi connectivity index (χ1) is 9.67. The third-order valence-electron chi connectivity index (χ3n) is 2.10. The number of rotatable bonds is 6. The van der Waals surface area contributed by atoms with Crippen LogP contribution >= 0.6 is 0 Å². The number of carbonyl (C=O) groups is 2. The van der Waals surface area contributed by atoms with Crippen molar-refractivity contribution in [1.29, 1.82) is 5.26 Å². The lowest BCUT2D eigenvalue weighted by molar-refractivity contribution is -0.150. The van der Waals surface area contributed by atoms with Crippen LogP contribution in [-0.4, -0.2) is 31.6 Å². The molecule has 0 unspecified atom stereocenters. The lowest BCUT2D eigenvalue weighted by atomic mass is 10.2. The molecule has 1 aromatic rings. The first kappa shape index (κ1) is 15.1. The molecule has 102 valence electrons. The van der Waals surface area contributed by atoms with E-state index in [1.165, 1.54) is 0 Å². The van der Waals surface area contributed by atoms with Gasteiger partial charge in [-0.05, 0) is 12.1 Å². The van der Waals surface area contributed by atoms with Crippen molar-refractivity contribution in [3.8, 4) is 24.2 Å². The second kappa shape index (κ2) is 8.17. The highest BCUT2D eigenvalue weighted by Gasteiger charge is 2.09. The molecule has 0 atom stereocenters. The first-order valence-corrected chi connectivity index (χ1v) is 5.65. The number of para-hydroxylation sites is 1. The van der Waals surface area contributed by atoms with Crippen LogP contribution in [0.4, 0.5) is 0 Å². The zero-order chi connectivity index (χ0) is 14.8. The topological polar surface area (TPSA) is 88.4 Å². The summed E-state index contributed by atoms with van der Waals surface area (Å²) in [6, 6.07) is 8.41. The summed E-state index contributed by atoms with van der Waals surface area (Å²) in [5.74, 6) is 1.29. The van der Waals surface area contributed by atoms with Gasteiger partial charge in [0.2, 0.25) is 0 Å². The van der Waals surface area contributed by atoms with Crippen LogP contribution in [0.5, 0.6) is 5.75 Å². The fourth-order valence-electron chi connectivity index (χ4n) is 1.21. The molecule has 1 aromatic carbocycles. The van der Waals surface area contributed by atoms with Crippen LogP contribution in [-0.2, 0) is 14.3 Å². The predicted octanol–water partition coefficient (Wildman–Crippen LogP) is 0.230. The highest BCUT2D eigenvalue weighted by molar-refractivity contribution is 5.81. The van der Waals surface area contributed by atoms with Gasteiger partial charge in [-0.1, -0.05) is 18.1 Å². The van der Waals surface area contributed by atoms with E-state index in [4.69, 9.17) is 16.4 Å². The molecule has 0 saturated heterocycles. The van der Waals surface area contributed by atoms with Gasteiger partial charge in [0.25, 0.3) is 5.91 Å². The third-order valence-corrected chi connectivity index (χ3v) is 2.10. The average molecular weight is 272 g/mol. The van der Waals surface area contributed by atoms with Gasteiger partial charge in [0, 0.05) is 0 Å². The Hall–Kier alpha value is -2.99. The number of hydrogen-bond donors (Lipinski definition) is 1. The van der Waals surface area contributed by atoms with Gasteiger partial charge in [-0.2, -0.15) is 5.26 Å². The number of terminal acetylenes is 1. The molecule has 6 heteroatoms. The molecule has 0 saturated carbocycles. The number of hydrogen-bond acceptors (Lipinski definition) is 5. The van der Waals surface area contributed by atoms with Crippen LogP contribution < -0.4 is 10.1 Å². The van der Waals surface area contributed by atoms with Crippen LogP contribution in [0.25, 0.3) is 0 Å². The van der Waals surface area contributed by atoms with Crippen molar-refractivity contribution < 1.29 is 19.1 Å². The second-order valence-electron chi connectivity index (χ2n) is 3.54. The molecule has 1 rings (SSSR count). The van der Waals surface area contributed by atoms with E-state index in [9.17, 15) is 9.59 Å². The number of nitrogens with one attached hydrogen (secondary N) is 1. The summed E-state index contributed by atoms with van der Waals surface area (Å²) in [4.78, 5) is 22.5. The number of nitrogens with zero attached hydrogens (tertiary/aromatic N) is 1. The van der Waals surface area contributed by atoms with E-state index in [-0.39, 0.29) is 18.9 Å². The second-order valence-corrected chi connectivity index (χ2v) is 3.54. The molecule has 0 aliphatic carbocycles. The quantitative estimate of drug-likeness (QED) is 0.591. The molecule has 6 nitrogen and oxygen atoms in total. The average Bonchev–Trinajstić information content (AvgIpc) is 2.48. The van der Waals surface area contributed by atoms with Gasteiger partial charge in [-0.3, -0.25) is 4.79 Å². The lowest BCUT2D eigenvalue weighted by Gasteiger charge is -2.07. The van der Waals surface area contributed by atoms with E-state index in [0.29, 0.717) is 5.56 Å². The SMILES string of the molecule is C#CCNC(=O)COC(=O)COc1ccccc1C#N. The Morgan fingerprint density at radius 3 is 2.75 bits per heavy atom. The van der Waals surface area contributed by atoms with Crippen LogP contribution in [0.15, 0.2) is 24.3 Å². The van der Waals surface area contributed by atoms with Crippen molar-refractivity contribution in [2.75, 3.05) is 19.8 Å². The number of ether oxygens (including phenoxy) is 2. The van der Waals surface area contributed by atoms with Crippen LogP contribution in [0.2, 0.25) is 0 Å². The molecule has 0 aromatic heterocycles. The summed E-state index contributed by atoms with van der Waals surface area (Å²) >= 11 is 0. The molecule has 20 heavy (non-hydrogen) atoms. The van der Waals surface area contributed by atoms with Gasteiger partial charge in [0.05, 0.1) is 12.1 Å². The Balaban J connectivity index is 2.35. The summed E-state index contributed by atoms with van der Waals surface area (Å²) in [7, 11) is 0. The van der Waals surface area contributed by atoms with Crippen molar-refractivity contribution in [1.82, 2.24) is 5.32 Å². The van der Waals surface area contributed by atoms with Crippen molar-refractivity contribution >= 4 is 11.9 Å². The monoisotopic (exact) mass is 272 g/mol. The zero-order valence-corrected chi connectivity index (χ0v) is 10.6. The number of carbonyl (C=O) groups excluding carboxylic acids is 2. The molecule has 0 radical (unpaired) electrons. The van der Waals surface area contributed by atoms with Crippen molar-refractivity contribution in [2.45, 2.75) is 0 Å². The van der Waals surface area contributed by atoms with Crippen molar-refractivity contribution in [3.05, 3.63) is 29.8 Å². The first-order valence-electron chi connectivity index (χ1n) is 5.65. The maximum absolute atomic E-state index is 11.3. The smallest absolute Gasteiger partial charge is 0.344 e. The Bertz CT molecular complexity index is 569. The van der Waals surface area contributed by atoms with E-state index in [1.54, 1.807) is 24.3 Å². The van der Waals surface area contributed by atoms with Crippen molar-refractivity contribution in [2.24, 2.45) is 0 Å². The maximum atomic E-state index is 11.3. The van der Waals surface area contributed by atoms with E-state index in [2.05, 4.69) is 16.0 Å². The van der Waals surface area contributed by atoms with E-state index in [1.807, 2.05) is 6.07 Å². The molecule has 0 spiro atoms. The summed E-state index contributed by atoms with van der Waals surface area (Å²) in [6.45, 7) is -0.743. The zero-order valence-electron chi connectivity index (χ0n) is 10.6. The fraction of sp³-hybridized carbons (Fsp3) is 0.214. The number of esters is 1. The van der Waals surface area contributed by atoms with Gasteiger partial charge in [-0.15, -0.1) is 6.42 Å². The molecule has 0 fully saturated rings. The molecular formula is C14H12N2O4. The van der Waals surface area contributed by atoms with Crippen LogP contribution in [0.1, 0.15) is 5.56 Å². The van der Waals surface area contributed by atoms with Gasteiger partial charge in [-0.25, -0.2) is 4.79 Å². The third kappa shape index (κ3) is 5.11. The minimum atomic E-state index is -0.714. The minimum Gasteiger partial charge on any atom is -0.481 e. The van der Waals surface area contributed by atoms with Crippen LogP contribution in [0.3, 0.4) is 0 Å². The van der Waals surface area contributed by atoms with E-state index in [0.717, 1.165) is 0 Å². The van der Waals surface area contributed by atoms with E-state index < -0.39 is 18.5 Å². The molecule has 1 N–H and O–H groups in total. The normalized spacial score (nSPS) is 8.90. The number of amides is 1. The largest absolute Gasteiger partial charge is 0.481 e. The Labute approximate surface area is 116 Å². The van der Waals surface area contributed by atoms with Crippen LogP contribution in [0, 0.1) is 23.7 Å². The molecule has 1 amide bonds.